The number of halogens is 2. The van der Waals surface area contributed by atoms with Gasteiger partial charge in [0.05, 0.1) is 16.1 Å². The monoisotopic (exact) mass is 452 g/mol. The van der Waals surface area contributed by atoms with Crippen LogP contribution in [0, 0.1) is 0 Å². The minimum atomic E-state index is -0.305. The summed E-state index contributed by atoms with van der Waals surface area (Å²) in [6.07, 6.45) is 5.17. The van der Waals surface area contributed by atoms with E-state index in [1.54, 1.807) is 34.1 Å². The van der Waals surface area contributed by atoms with Crippen LogP contribution in [0.4, 0.5) is 0 Å². The number of hydrogen-bond donors (Lipinski definition) is 1. The van der Waals surface area contributed by atoms with E-state index in [1.165, 1.54) is 6.08 Å². The highest BCUT2D eigenvalue weighted by molar-refractivity contribution is 6.42. The first-order valence-corrected chi connectivity index (χ1v) is 10.8. The van der Waals surface area contributed by atoms with Crippen LogP contribution in [0.2, 0.25) is 10.0 Å². The molecule has 3 rings (SSSR count). The lowest BCUT2D eigenvalue weighted by molar-refractivity contribution is -0.130. The van der Waals surface area contributed by atoms with Crippen molar-refractivity contribution in [2.75, 3.05) is 39.3 Å². The van der Waals surface area contributed by atoms with Gasteiger partial charge in [0, 0.05) is 45.2 Å². The Morgan fingerprint density at radius 3 is 2.63 bits per heavy atom. The van der Waals surface area contributed by atoms with Crippen molar-refractivity contribution in [3.63, 3.8) is 0 Å². The molecule has 2 N–H and O–H groups in total. The van der Waals surface area contributed by atoms with E-state index in [9.17, 15) is 14.4 Å². The maximum absolute atomic E-state index is 12.6. The van der Waals surface area contributed by atoms with Gasteiger partial charge in [-0.3, -0.25) is 19.3 Å². The predicted molar refractivity (Wildman–Crippen MR) is 117 cm³/mol. The molecule has 2 aliphatic heterocycles. The fourth-order valence-electron chi connectivity index (χ4n) is 3.88. The molecule has 0 aromatic heterocycles. The highest BCUT2D eigenvalue weighted by Crippen LogP contribution is 2.23. The molecule has 3 amide bonds. The third kappa shape index (κ3) is 5.74. The molecule has 0 unspecified atom stereocenters. The minimum Gasteiger partial charge on any atom is -0.368 e. The van der Waals surface area contributed by atoms with Crippen LogP contribution in [0.1, 0.15) is 24.8 Å². The highest BCUT2D eigenvalue weighted by Gasteiger charge is 2.30. The van der Waals surface area contributed by atoms with Crippen molar-refractivity contribution in [1.29, 1.82) is 0 Å². The second-order valence-electron chi connectivity index (χ2n) is 7.56. The number of nitrogens with two attached hydrogens (primary N) is 1. The Kier molecular flexibility index (Phi) is 7.75. The molecule has 0 aliphatic carbocycles. The number of nitrogens with zero attached hydrogens (tertiary/aromatic N) is 3. The summed E-state index contributed by atoms with van der Waals surface area (Å²) in [5, 5.41) is 0.890. The van der Waals surface area contributed by atoms with Crippen LogP contribution in [0.3, 0.4) is 0 Å². The topological polar surface area (TPSA) is 87.0 Å². The molecule has 0 saturated carbocycles. The lowest BCUT2D eigenvalue weighted by Crippen LogP contribution is -2.45. The zero-order valence-corrected chi connectivity index (χ0v) is 18.2. The second-order valence-corrected chi connectivity index (χ2v) is 8.37. The molecular formula is C21H26Cl2N4O3. The van der Waals surface area contributed by atoms with Crippen LogP contribution >= 0.6 is 23.2 Å². The molecule has 1 aromatic carbocycles. The summed E-state index contributed by atoms with van der Waals surface area (Å²) in [5.41, 5.74) is 6.24. The summed E-state index contributed by atoms with van der Waals surface area (Å²) in [6.45, 7) is 3.29. The second kappa shape index (κ2) is 10.3. The molecule has 1 atom stereocenters. The van der Waals surface area contributed by atoms with E-state index >= 15 is 0 Å². The van der Waals surface area contributed by atoms with Gasteiger partial charge in [0.25, 0.3) is 0 Å². The van der Waals surface area contributed by atoms with Gasteiger partial charge >= 0.3 is 0 Å². The lowest BCUT2D eigenvalue weighted by Gasteiger charge is -2.27. The van der Waals surface area contributed by atoms with Crippen molar-refractivity contribution < 1.29 is 14.4 Å². The number of carbonyl (C=O) groups is 3. The van der Waals surface area contributed by atoms with Gasteiger partial charge in [-0.1, -0.05) is 29.3 Å². The van der Waals surface area contributed by atoms with Gasteiger partial charge in [-0.2, -0.15) is 0 Å². The highest BCUT2D eigenvalue weighted by atomic mass is 35.5. The van der Waals surface area contributed by atoms with Crippen molar-refractivity contribution >= 4 is 47.0 Å². The predicted octanol–water partition coefficient (Wildman–Crippen LogP) is 2.02. The first-order valence-electron chi connectivity index (χ1n) is 10.1. The van der Waals surface area contributed by atoms with Crippen molar-refractivity contribution in [3.8, 4) is 0 Å². The van der Waals surface area contributed by atoms with Crippen LogP contribution < -0.4 is 5.73 Å². The Labute approximate surface area is 186 Å². The maximum atomic E-state index is 12.6. The zero-order chi connectivity index (χ0) is 21.7. The van der Waals surface area contributed by atoms with Crippen LogP contribution in [0.5, 0.6) is 0 Å². The molecule has 2 aliphatic rings. The molecule has 0 spiro atoms. The normalized spacial score (nSPS) is 20.7. The van der Waals surface area contributed by atoms with Crippen molar-refractivity contribution in [3.05, 3.63) is 39.9 Å². The van der Waals surface area contributed by atoms with Gasteiger partial charge in [0.15, 0.2) is 0 Å². The van der Waals surface area contributed by atoms with Gasteiger partial charge in [0.1, 0.15) is 0 Å². The summed E-state index contributed by atoms with van der Waals surface area (Å²) in [5.74, 6) is -0.433. The molecule has 162 valence electrons. The van der Waals surface area contributed by atoms with E-state index in [4.69, 9.17) is 28.9 Å². The fourth-order valence-corrected chi connectivity index (χ4v) is 4.18. The van der Waals surface area contributed by atoms with E-state index in [0.29, 0.717) is 42.8 Å². The molecule has 2 fully saturated rings. The average molecular weight is 453 g/mol. The van der Waals surface area contributed by atoms with E-state index in [1.807, 2.05) is 4.90 Å². The molecule has 2 heterocycles. The Bertz CT molecular complexity index is 846. The number of amides is 3. The summed E-state index contributed by atoms with van der Waals surface area (Å²) in [6, 6.07) is 4.92. The lowest BCUT2D eigenvalue weighted by atomic mass is 10.2. The van der Waals surface area contributed by atoms with Gasteiger partial charge in [-0.15, -0.1) is 0 Å². The largest absolute Gasteiger partial charge is 0.368 e. The van der Waals surface area contributed by atoms with Crippen LogP contribution in [0.25, 0.3) is 6.08 Å². The van der Waals surface area contributed by atoms with Gasteiger partial charge < -0.3 is 15.5 Å². The zero-order valence-electron chi connectivity index (χ0n) is 16.7. The summed E-state index contributed by atoms with van der Waals surface area (Å²) in [7, 11) is 0. The van der Waals surface area contributed by atoms with Gasteiger partial charge in [-0.05, 0) is 43.2 Å². The fraction of sp³-hybridized carbons (Fsp3) is 0.476. The third-order valence-electron chi connectivity index (χ3n) is 5.61. The molecule has 9 heteroatoms. The number of primary amides is 1. The Hall–Kier alpha value is -2.09. The van der Waals surface area contributed by atoms with Crippen LogP contribution in [-0.4, -0.2) is 77.7 Å². The first-order chi connectivity index (χ1) is 14.3. The number of rotatable bonds is 6. The number of carbonyl (C=O) groups excluding carboxylic acids is 3. The van der Waals surface area contributed by atoms with Gasteiger partial charge in [0.2, 0.25) is 17.7 Å². The molecule has 7 nitrogen and oxygen atoms in total. The van der Waals surface area contributed by atoms with E-state index in [2.05, 4.69) is 0 Å². The Morgan fingerprint density at radius 2 is 1.90 bits per heavy atom. The average Bonchev–Trinajstić information content (AvgIpc) is 3.11. The van der Waals surface area contributed by atoms with Gasteiger partial charge in [-0.25, -0.2) is 0 Å². The minimum absolute atomic E-state index is 0.0218. The molecule has 1 aromatic rings. The quantitative estimate of drug-likeness (QED) is 0.668. The van der Waals surface area contributed by atoms with Crippen molar-refractivity contribution in [1.82, 2.24) is 14.7 Å². The number of hydrogen-bond acceptors (Lipinski definition) is 4. The smallest absolute Gasteiger partial charge is 0.246 e. The van der Waals surface area contributed by atoms with Crippen molar-refractivity contribution in [2.45, 2.75) is 25.3 Å². The Morgan fingerprint density at radius 1 is 1.10 bits per heavy atom. The summed E-state index contributed by atoms with van der Waals surface area (Å²) >= 11 is 11.9. The summed E-state index contributed by atoms with van der Waals surface area (Å²) in [4.78, 5) is 42.1. The standard InChI is InChI=1S/C21H26Cl2N4O3/c22-16-5-3-15(14-17(16)23)4-6-19(28)26-9-7-20(29)27(13-12-26)11-10-25-8-1-2-18(25)21(24)30/h3-6,14,18H,1-2,7-13H2,(H2,24,30)/t18-/m0/s1. The molecule has 2 saturated heterocycles. The van der Waals surface area contributed by atoms with Crippen LogP contribution in [0.15, 0.2) is 24.3 Å². The van der Waals surface area contributed by atoms with E-state index < -0.39 is 0 Å². The number of benzene rings is 1. The summed E-state index contributed by atoms with van der Waals surface area (Å²) < 4.78 is 0. The van der Waals surface area contributed by atoms with E-state index in [-0.39, 0.29) is 30.2 Å². The molecule has 30 heavy (non-hydrogen) atoms. The molecular weight excluding hydrogens is 427 g/mol. The SMILES string of the molecule is NC(=O)[C@@H]1CCCN1CCN1CCN(C(=O)C=Cc2ccc(Cl)c(Cl)c2)CCC1=O. The van der Waals surface area contributed by atoms with Crippen molar-refractivity contribution in [2.24, 2.45) is 5.73 Å². The maximum Gasteiger partial charge on any atom is 0.246 e. The molecule has 0 bridgehead atoms. The molecule has 0 radical (unpaired) electrons. The first kappa shape index (κ1) is 22.6. The third-order valence-corrected chi connectivity index (χ3v) is 6.35. The Balaban J connectivity index is 1.53. The van der Waals surface area contributed by atoms with Crippen LogP contribution in [-0.2, 0) is 14.4 Å². The number of likely N-dealkylation sites (tertiary alicyclic amines) is 1. The van der Waals surface area contributed by atoms with E-state index in [0.717, 1.165) is 24.9 Å².